The number of rotatable bonds is 5. The number of aliphatic hydroxyl groups is 1. The first-order valence-corrected chi connectivity index (χ1v) is 6.22. The Morgan fingerprint density at radius 1 is 1.24 bits per heavy atom. The minimum atomic E-state index is 0.0420. The molecule has 2 atom stereocenters. The van der Waals surface area contributed by atoms with E-state index in [-0.39, 0.29) is 12.7 Å². The molecule has 1 heterocycles. The number of hydrogen-bond acceptors (Lipinski definition) is 3. The zero-order valence-corrected chi connectivity index (χ0v) is 10.0. The van der Waals surface area contributed by atoms with Crippen LogP contribution in [-0.2, 0) is 16.1 Å². The number of ether oxygens (including phenoxy) is 2. The van der Waals surface area contributed by atoms with Crippen molar-refractivity contribution >= 4 is 0 Å². The lowest BCUT2D eigenvalue weighted by atomic mass is 9.99. The standard InChI is InChI=1S/C14H20O3/c15-8-14-7-6-13(11-17-14)10-16-9-12-4-2-1-3-5-12/h1-5,13-15H,6-11H2/t13-,14?/m1/s1. The molecular formula is C14H20O3. The van der Waals surface area contributed by atoms with E-state index in [4.69, 9.17) is 14.6 Å². The minimum Gasteiger partial charge on any atom is -0.394 e. The van der Waals surface area contributed by atoms with Crippen molar-refractivity contribution in [3.05, 3.63) is 35.9 Å². The lowest BCUT2D eigenvalue weighted by molar-refractivity contribution is -0.0633. The minimum absolute atomic E-state index is 0.0420. The van der Waals surface area contributed by atoms with Crippen LogP contribution in [0, 0.1) is 5.92 Å². The van der Waals surface area contributed by atoms with Gasteiger partial charge in [-0.1, -0.05) is 30.3 Å². The Hall–Kier alpha value is -0.900. The van der Waals surface area contributed by atoms with Gasteiger partial charge in [-0.3, -0.25) is 0 Å². The van der Waals surface area contributed by atoms with E-state index in [2.05, 4.69) is 12.1 Å². The van der Waals surface area contributed by atoms with Crippen LogP contribution in [0.2, 0.25) is 0 Å². The van der Waals surface area contributed by atoms with Crippen molar-refractivity contribution in [2.45, 2.75) is 25.6 Å². The molecule has 1 saturated heterocycles. The van der Waals surface area contributed by atoms with E-state index in [9.17, 15) is 0 Å². The molecular weight excluding hydrogens is 216 g/mol. The van der Waals surface area contributed by atoms with Crippen LogP contribution in [-0.4, -0.2) is 31.0 Å². The maximum Gasteiger partial charge on any atom is 0.0806 e. The molecule has 0 aromatic heterocycles. The lowest BCUT2D eigenvalue weighted by Crippen LogP contribution is -2.30. The third-order valence-corrected chi connectivity index (χ3v) is 3.13. The van der Waals surface area contributed by atoms with Gasteiger partial charge >= 0.3 is 0 Å². The molecule has 1 fully saturated rings. The summed E-state index contributed by atoms with van der Waals surface area (Å²) in [4.78, 5) is 0. The van der Waals surface area contributed by atoms with Crippen molar-refractivity contribution < 1.29 is 14.6 Å². The normalized spacial score (nSPS) is 24.8. The van der Waals surface area contributed by atoms with Crippen LogP contribution in [0.5, 0.6) is 0 Å². The molecule has 1 aliphatic heterocycles. The highest BCUT2D eigenvalue weighted by molar-refractivity contribution is 5.13. The molecule has 94 valence electrons. The average Bonchev–Trinajstić information content (AvgIpc) is 2.41. The molecule has 0 bridgehead atoms. The molecule has 0 spiro atoms. The average molecular weight is 236 g/mol. The van der Waals surface area contributed by atoms with Gasteiger partial charge in [0.15, 0.2) is 0 Å². The fraction of sp³-hybridized carbons (Fsp3) is 0.571. The van der Waals surface area contributed by atoms with Gasteiger partial charge in [0.1, 0.15) is 0 Å². The second kappa shape index (κ2) is 6.74. The Labute approximate surface area is 102 Å². The monoisotopic (exact) mass is 236 g/mol. The van der Waals surface area contributed by atoms with Crippen LogP contribution < -0.4 is 0 Å². The number of benzene rings is 1. The van der Waals surface area contributed by atoms with Gasteiger partial charge in [-0.15, -0.1) is 0 Å². The molecule has 1 unspecified atom stereocenters. The molecule has 17 heavy (non-hydrogen) atoms. The van der Waals surface area contributed by atoms with Crippen LogP contribution in [0.25, 0.3) is 0 Å². The van der Waals surface area contributed by atoms with E-state index >= 15 is 0 Å². The van der Waals surface area contributed by atoms with E-state index in [1.165, 1.54) is 5.56 Å². The van der Waals surface area contributed by atoms with E-state index in [0.717, 1.165) is 19.4 Å². The van der Waals surface area contributed by atoms with Crippen molar-refractivity contribution in [3.63, 3.8) is 0 Å². The predicted octanol–water partition coefficient (Wildman–Crippen LogP) is 1.99. The molecule has 0 saturated carbocycles. The molecule has 2 rings (SSSR count). The summed E-state index contributed by atoms with van der Waals surface area (Å²) >= 11 is 0. The Morgan fingerprint density at radius 3 is 2.71 bits per heavy atom. The van der Waals surface area contributed by atoms with Crippen LogP contribution in [0.15, 0.2) is 30.3 Å². The number of aliphatic hydroxyl groups excluding tert-OH is 1. The van der Waals surface area contributed by atoms with Crippen molar-refractivity contribution in [3.8, 4) is 0 Å². The van der Waals surface area contributed by atoms with Crippen LogP contribution in [0.3, 0.4) is 0 Å². The summed E-state index contributed by atoms with van der Waals surface area (Å²) in [5.74, 6) is 0.474. The molecule has 0 amide bonds. The summed E-state index contributed by atoms with van der Waals surface area (Å²) in [7, 11) is 0. The Kier molecular flexibility index (Phi) is 4.98. The number of hydrogen-bond donors (Lipinski definition) is 1. The van der Waals surface area contributed by atoms with E-state index in [0.29, 0.717) is 19.1 Å². The fourth-order valence-corrected chi connectivity index (χ4v) is 2.05. The third kappa shape index (κ3) is 4.11. The maximum atomic E-state index is 8.95. The second-order valence-corrected chi connectivity index (χ2v) is 4.58. The highest BCUT2D eigenvalue weighted by Crippen LogP contribution is 2.19. The summed E-state index contributed by atoms with van der Waals surface area (Å²) in [6, 6.07) is 10.2. The Balaban J connectivity index is 1.63. The van der Waals surface area contributed by atoms with Gasteiger partial charge < -0.3 is 14.6 Å². The van der Waals surface area contributed by atoms with Crippen molar-refractivity contribution in [1.82, 2.24) is 0 Å². The molecule has 1 N–H and O–H groups in total. The second-order valence-electron chi connectivity index (χ2n) is 4.58. The first kappa shape index (κ1) is 12.6. The van der Waals surface area contributed by atoms with Gasteiger partial charge in [-0.2, -0.15) is 0 Å². The zero-order chi connectivity index (χ0) is 11.9. The predicted molar refractivity (Wildman–Crippen MR) is 65.6 cm³/mol. The van der Waals surface area contributed by atoms with Gasteiger partial charge in [0.05, 0.1) is 32.5 Å². The lowest BCUT2D eigenvalue weighted by Gasteiger charge is -2.27. The molecule has 1 aromatic rings. The quantitative estimate of drug-likeness (QED) is 0.849. The van der Waals surface area contributed by atoms with Crippen molar-refractivity contribution in [2.24, 2.45) is 5.92 Å². The SMILES string of the molecule is OCC1CC[C@H](COCc2ccccc2)CO1. The van der Waals surface area contributed by atoms with Gasteiger partial charge in [-0.25, -0.2) is 0 Å². The summed E-state index contributed by atoms with van der Waals surface area (Å²) in [5, 5.41) is 8.95. The summed E-state index contributed by atoms with van der Waals surface area (Å²) < 4.78 is 11.2. The topological polar surface area (TPSA) is 38.7 Å². The third-order valence-electron chi connectivity index (χ3n) is 3.13. The fourth-order valence-electron chi connectivity index (χ4n) is 2.05. The van der Waals surface area contributed by atoms with E-state index in [1.807, 2.05) is 18.2 Å². The molecule has 3 heteroatoms. The van der Waals surface area contributed by atoms with Crippen LogP contribution >= 0.6 is 0 Å². The van der Waals surface area contributed by atoms with Gasteiger partial charge in [0.2, 0.25) is 0 Å². The molecule has 0 aliphatic carbocycles. The van der Waals surface area contributed by atoms with Crippen molar-refractivity contribution in [1.29, 1.82) is 0 Å². The van der Waals surface area contributed by atoms with Crippen LogP contribution in [0.4, 0.5) is 0 Å². The first-order valence-electron chi connectivity index (χ1n) is 6.22. The first-order chi connectivity index (χ1) is 8.38. The summed E-state index contributed by atoms with van der Waals surface area (Å²) in [6.07, 6.45) is 2.07. The molecule has 1 aliphatic rings. The van der Waals surface area contributed by atoms with E-state index in [1.54, 1.807) is 0 Å². The van der Waals surface area contributed by atoms with E-state index < -0.39 is 0 Å². The van der Waals surface area contributed by atoms with Gasteiger partial charge in [0, 0.05) is 5.92 Å². The van der Waals surface area contributed by atoms with Gasteiger partial charge in [-0.05, 0) is 18.4 Å². The highest BCUT2D eigenvalue weighted by Gasteiger charge is 2.20. The largest absolute Gasteiger partial charge is 0.394 e. The molecule has 0 radical (unpaired) electrons. The van der Waals surface area contributed by atoms with Crippen LogP contribution in [0.1, 0.15) is 18.4 Å². The maximum absolute atomic E-state index is 8.95. The summed E-state index contributed by atoms with van der Waals surface area (Å²) in [5.41, 5.74) is 1.21. The van der Waals surface area contributed by atoms with Crippen molar-refractivity contribution in [2.75, 3.05) is 19.8 Å². The Bertz CT molecular complexity index is 305. The summed E-state index contributed by atoms with van der Waals surface area (Å²) in [6.45, 7) is 2.26. The zero-order valence-electron chi connectivity index (χ0n) is 10.0. The smallest absolute Gasteiger partial charge is 0.0806 e. The van der Waals surface area contributed by atoms with Gasteiger partial charge in [0.25, 0.3) is 0 Å². The highest BCUT2D eigenvalue weighted by atomic mass is 16.5. The molecule has 1 aromatic carbocycles. The Morgan fingerprint density at radius 2 is 2.06 bits per heavy atom. The molecule has 3 nitrogen and oxygen atoms in total.